The van der Waals surface area contributed by atoms with E-state index in [2.05, 4.69) is 13.8 Å². The van der Waals surface area contributed by atoms with Crippen molar-refractivity contribution in [2.75, 3.05) is 26.9 Å². The molecule has 1 unspecified atom stereocenters. The normalized spacial score (nSPS) is 12.5. The van der Waals surface area contributed by atoms with Crippen LogP contribution in [0.2, 0.25) is 0 Å². The molecule has 108 valence electrons. The Balaban J connectivity index is 2.58. The number of benzene rings is 1. The van der Waals surface area contributed by atoms with Crippen molar-refractivity contribution < 1.29 is 14.2 Å². The Morgan fingerprint density at radius 2 is 1.79 bits per heavy atom. The molecule has 0 aliphatic rings. The number of methoxy groups -OCH3 is 1. The molecule has 0 aromatic heterocycles. The van der Waals surface area contributed by atoms with Gasteiger partial charge in [0.25, 0.3) is 0 Å². The molecule has 0 amide bonds. The van der Waals surface area contributed by atoms with E-state index in [1.165, 1.54) is 0 Å². The fraction of sp³-hybridized carbons (Fsp3) is 0.600. The molecule has 1 aromatic rings. The summed E-state index contributed by atoms with van der Waals surface area (Å²) in [5, 5.41) is 0. The van der Waals surface area contributed by atoms with Gasteiger partial charge in [-0.25, -0.2) is 0 Å². The lowest BCUT2D eigenvalue weighted by Crippen LogP contribution is -2.13. The lowest BCUT2D eigenvalue weighted by molar-refractivity contribution is 0.0814. The largest absolute Gasteiger partial charge is 0.496 e. The fourth-order valence-corrected chi connectivity index (χ4v) is 1.81. The topological polar surface area (TPSA) is 53.7 Å². The smallest absolute Gasteiger partial charge is 0.127 e. The van der Waals surface area contributed by atoms with Gasteiger partial charge in [0.1, 0.15) is 18.1 Å². The minimum Gasteiger partial charge on any atom is -0.496 e. The van der Waals surface area contributed by atoms with Crippen LogP contribution in [0.25, 0.3) is 0 Å². The van der Waals surface area contributed by atoms with Crippen LogP contribution >= 0.6 is 0 Å². The van der Waals surface area contributed by atoms with E-state index >= 15 is 0 Å². The van der Waals surface area contributed by atoms with Crippen LogP contribution in [0.15, 0.2) is 18.2 Å². The van der Waals surface area contributed by atoms with Crippen molar-refractivity contribution in [2.24, 2.45) is 11.7 Å². The minimum absolute atomic E-state index is 0.136. The monoisotopic (exact) mass is 267 g/mol. The van der Waals surface area contributed by atoms with Gasteiger partial charge >= 0.3 is 0 Å². The van der Waals surface area contributed by atoms with E-state index in [9.17, 15) is 0 Å². The van der Waals surface area contributed by atoms with Gasteiger partial charge in [0.15, 0.2) is 0 Å². The molecule has 0 radical (unpaired) electrons. The Morgan fingerprint density at radius 1 is 1.11 bits per heavy atom. The second-order valence-corrected chi connectivity index (χ2v) is 4.98. The molecule has 1 atom stereocenters. The molecule has 0 aliphatic heterocycles. The van der Waals surface area contributed by atoms with Crippen molar-refractivity contribution >= 4 is 0 Å². The molecule has 2 N–H and O–H groups in total. The summed E-state index contributed by atoms with van der Waals surface area (Å²) in [6, 6.07) is 5.56. The number of nitrogens with two attached hydrogens (primary N) is 1. The van der Waals surface area contributed by atoms with E-state index in [-0.39, 0.29) is 6.04 Å². The van der Waals surface area contributed by atoms with Gasteiger partial charge in [-0.1, -0.05) is 19.9 Å². The van der Waals surface area contributed by atoms with E-state index < -0.39 is 0 Å². The molecule has 1 rings (SSSR count). The van der Waals surface area contributed by atoms with Gasteiger partial charge in [-0.05, 0) is 25.0 Å². The molecule has 0 aliphatic carbocycles. The Morgan fingerprint density at radius 3 is 2.37 bits per heavy atom. The molecule has 0 heterocycles. The van der Waals surface area contributed by atoms with Crippen LogP contribution in [0.3, 0.4) is 0 Å². The Kier molecular flexibility index (Phi) is 6.67. The van der Waals surface area contributed by atoms with Crippen molar-refractivity contribution in [3.8, 4) is 11.5 Å². The zero-order chi connectivity index (χ0) is 14.3. The molecular weight excluding hydrogens is 242 g/mol. The average Bonchev–Trinajstić information content (AvgIpc) is 2.37. The fourth-order valence-electron chi connectivity index (χ4n) is 1.81. The van der Waals surface area contributed by atoms with E-state index in [0.29, 0.717) is 19.1 Å². The maximum absolute atomic E-state index is 5.97. The summed E-state index contributed by atoms with van der Waals surface area (Å²) in [5.74, 6) is 2.06. The van der Waals surface area contributed by atoms with Gasteiger partial charge < -0.3 is 19.9 Å². The standard InChI is InChI=1S/C15H25NO3/c1-11(2)10-18-8-9-19-14-7-5-6-13(17-4)15(14)12(3)16/h5-7,11-12H,8-10,16H2,1-4H3. The highest BCUT2D eigenvalue weighted by atomic mass is 16.5. The van der Waals surface area contributed by atoms with Crippen molar-refractivity contribution in [3.05, 3.63) is 23.8 Å². The summed E-state index contributed by atoms with van der Waals surface area (Å²) in [7, 11) is 1.64. The molecule has 0 bridgehead atoms. The quantitative estimate of drug-likeness (QED) is 0.736. The van der Waals surface area contributed by atoms with Gasteiger partial charge in [-0.2, -0.15) is 0 Å². The molecule has 4 heteroatoms. The molecule has 4 nitrogen and oxygen atoms in total. The second-order valence-electron chi connectivity index (χ2n) is 4.98. The van der Waals surface area contributed by atoms with Crippen molar-refractivity contribution in [1.82, 2.24) is 0 Å². The number of ether oxygens (including phenoxy) is 3. The van der Waals surface area contributed by atoms with Crippen LogP contribution in [0.5, 0.6) is 11.5 Å². The van der Waals surface area contributed by atoms with E-state index in [1.54, 1.807) is 7.11 Å². The van der Waals surface area contributed by atoms with Crippen LogP contribution in [-0.2, 0) is 4.74 Å². The highest BCUT2D eigenvalue weighted by molar-refractivity contribution is 5.46. The Bertz CT molecular complexity index is 378. The van der Waals surface area contributed by atoms with E-state index in [4.69, 9.17) is 19.9 Å². The molecule has 1 aromatic carbocycles. The molecule has 0 saturated carbocycles. The van der Waals surface area contributed by atoms with Gasteiger partial charge in [0.05, 0.1) is 19.3 Å². The first-order valence-corrected chi connectivity index (χ1v) is 6.69. The van der Waals surface area contributed by atoms with Crippen molar-refractivity contribution in [1.29, 1.82) is 0 Å². The summed E-state index contributed by atoms with van der Waals surface area (Å²) < 4.78 is 16.5. The van der Waals surface area contributed by atoms with Crippen molar-refractivity contribution in [3.63, 3.8) is 0 Å². The first-order chi connectivity index (χ1) is 9.06. The van der Waals surface area contributed by atoms with Crippen molar-refractivity contribution in [2.45, 2.75) is 26.8 Å². The third-order valence-corrected chi connectivity index (χ3v) is 2.64. The zero-order valence-electron chi connectivity index (χ0n) is 12.3. The average molecular weight is 267 g/mol. The number of hydrogen-bond donors (Lipinski definition) is 1. The first-order valence-electron chi connectivity index (χ1n) is 6.69. The maximum atomic E-state index is 5.97. The van der Waals surface area contributed by atoms with Gasteiger partial charge in [0.2, 0.25) is 0 Å². The predicted octanol–water partition coefficient (Wildman–Crippen LogP) is 2.77. The first kappa shape index (κ1) is 15.8. The van der Waals surface area contributed by atoms with Crippen LogP contribution in [-0.4, -0.2) is 26.9 Å². The highest BCUT2D eigenvalue weighted by Crippen LogP contribution is 2.32. The minimum atomic E-state index is -0.136. The number of rotatable bonds is 8. The summed E-state index contributed by atoms with van der Waals surface area (Å²) >= 11 is 0. The number of hydrogen-bond acceptors (Lipinski definition) is 4. The third-order valence-electron chi connectivity index (χ3n) is 2.64. The van der Waals surface area contributed by atoms with Gasteiger partial charge in [-0.3, -0.25) is 0 Å². The lowest BCUT2D eigenvalue weighted by Gasteiger charge is -2.17. The Hall–Kier alpha value is -1.26. The summed E-state index contributed by atoms with van der Waals surface area (Å²) in [4.78, 5) is 0. The van der Waals surface area contributed by atoms with Crippen LogP contribution < -0.4 is 15.2 Å². The van der Waals surface area contributed by atoms with Crippen LogP contribution in [0.4, 0.5) is 0 Å². The molecule has 0 fully saturated rings. The summed E-state index contributed by atoms with van der Waals surface area (Å²) in [6.45, 7) is 8.00. The zero-order valence-corrected chi connectivity index (χ0v) is 12.3. The van der Waals surface area contributed by atoms with Crippen LogP contribution in [0, 0.1) is 5.92 Å². The third kappa shape index (κ3) is 5.09. The van der Waals surface area contributed by atoms with Crippen LogP contribution in [0.1, 0.15) is 32.4 Å². The van der Waals surface area contributed by atoms with Gasteiger partial charge in [0, 0.05) is 12.6 Å². The molecule has 0 saturated heterocycles. The second kappa shape index (κ2) is 8.02. The molecular formula is C15H25NO3. The predicted molar refractivity (Wildman–Crippen MR) is 76.7 cm³/mol. The summed E-state index contributed by atoms with van der Waals surface area (Å²) in [6.07, 6.45) is 0. The van der Waals surface area contributed by atoms with E-state index in [1.807, 2.05) is 25.1 Å². The SMILES string of the molecule is COc1cccc(OCCOCC(C)C)c1C(C)N. The van der Waals surface area contributed by atoms with Gasteiger partial charge in [-0.15, -0.1) is 0 Å². The summed E-state index contributed by atoms with van der Waals surface area (Å²) in [5.41, 5.74) is 6.87. The lowest BCUT2D eigenvalue weighted by atomic mass is 10.1. The Labute approximate surface area is 115 Å². The molecule has 0 spiro atoms. The highest BCUT2D eigenvalue weighted by Gasteiger charge is 2.14. The maximum Gasteiger partial charge on any atom is 0.127 e. The molecule has 19 heavy (non-hydrogen) atoms. The van der Waals surface area contributed by atoms with E-state index in [0.717, 1.165) is 23.7 Å².